The van der Waals surface area contributed by atoms with Crippen molar-refractivity contribution in [1.29, 1.82) is 0 Å². The van der Waals surface area contributed by atoms with E-state index < -0.39 is 0 Å². The van der Waals surface area contributed by atoms with Crippen LogP contribution in [0.5, 0.6) is 0 Å². The predicted molar refractivity (Wildman–Crippen MR) is 31.1 cm³/mol. The lowest BCUT2D eigenvalue weighted by Gasteiger charge is -1.82. The molecule has 0 aromatic heterocycles. The quantitative estimate of drug-likeness (QED) is 0.427. The molecule has 0 atom stereocenters. The van der Waals surface area contributed by atoms with Gasteiger partial charge in [0, 0.05) is 0 Å². The first-order valence-corrected chi connectivity index (χ1v) is 2.33. The van der Waals surface area contributed by atoms with Crippen LogP contribution in [-0.2, 0) is 0 Å². The molecule has 1 aliphatic heterocycles. The third-order valence-electron chi connectivity index (χ3n) is 1.14. The molecule has 0 N–H and O–H groups in total. The van der Waals surface area contributed by atoms with Crippen molar-refractivity contribution in [1.82, 2.24) is 0 Å². The van der Waals surface area contributed by atoms with Crippen molar-refractivity contribution < 1.29 is 0 Å². The van der Waals surface area contributed by atoms with Gasteiger partial charge in [-0.3, -0.25) is 9.98 Å². The molecule has 1 rings (SSSR count). The number of hydrogen-bond donors (Lipinski definition) is 0. The van der Waals surface area contributed by atoms with E-state index in [0.717, 1.165) is 11.4 Å². The number of aliphatic imine (C=N–C) groups is 2. The molecule has 0 aliphatic carbocycles. The van der Waals surface area contributed by atoms with Crippen LogP contribution in [0.1, 0.15) is 13.8 Å². The van der Waals surface area contributed by atoms with Gasteiger partial charge in [0.05, 0.1) is 11.4 Å². The maximum atomic E-state index is 4.03. The lowest BCUT2D eigenvalue weighted by atomic mass is 10.3. The zero-order chi connectivity index (χ0) is 5.28. The molecule has 0 bridgehead atoms. The second kappa shape index (κ2) is 1.45. The maximum absolute atomic E-state index is 4.03. The summed E-state index contributed by atoms with van der Waals surface area (Å²) in [6.07, 6.45) is 0. The molecule has 7 heavy (non-hydrogen) atoms. The van der Waals surface area contributed by atoms with Gasteiger partial charge in [0.1, 0.15) is 6.67 Å². The Labute approximate surface area is 43.0 Å². The third kappa shape index (κ3) is 0.683. The highest BCUT2D eigenvalue weighted by Gasteiger charge is 1.99. The molecule has 0 saturated heterocycles. The Morgan fingerprint density at radius 3 is 1.71 bits per heavy atom. The fraction of sp³-hybridized carbons (Fsp3) is 0.600. The van der Waals surface area contributed by atoms with Crippen LogP contribution in [0, 0.1) is 0 Å². The summed E-state index contributed by atoms with van der Waals surface area (Å²) in [7, 11) is 0. The first kappa shape index (κ1) is 4.50. The number of nitrogens with zero attached hydrogens (tertiary/aromatic N) is 2. The van der Waals surface area contributed by atoms with Crippen molar-refractivity contribution in [3.8, 4) is 0 Å². The van der Waals surface area contributed by atoms with Crippen molar-refractivity contribution in [2.45, 2.75) is 13.8 Å². The van der Waals surface area contributed by atoms with E-state index in [1.54, 1.807) is 0 Å². The minimum Gasteiger partial charge on any atom is -0.265 e. The molecule has 2 nitrogen and oxygen atoms in total. The molecule has 0 aromatic rings. The molecule has 0 unspecified atom stereocenters. The van der Waals surface area contributed by atoms with Gasteiger partial charge in [-0.25, -0.2) is 0 Å². The largest absolute Gasteiger partial charge is 0.265 e. The van der Waals surface area contributed by atoms with E-state index in [9.17, 15) is 0 Å². The van der Waals surface area contributed by atoms with Crippen LogP contribution in [-0.4, -0.2) is 18.1 Å². The van der Waals surface area contributed by atoms with E-state index in [2.05, 4.69) is 9.98 Å². The Morgan fingerprint density at radius 1 is 1.14 bits per heavy atom. The second-order valence-corrected chi connectivity index (χ2v) is 1.63. The number of hydrogen-bond acceptors (Lipinski definition) is 2. The SMILES string of the molecule is CC1=NCN=C1C. The average Bonchev–Trinajstić information content (AvgIpc) is 1.91. The van der Waals surface area contributed by atoms with E-state index >= 15 is 0 Å². The highest BCUT2D eigenvalue weighted by atomic mass is 15.0. The fourth-order valence-corrected chi connectivity index (χ4v) is 0.476. The Balaban J connectivity index is 2.78. The highest BCUT2D eigenvalue weighted by molar-refractivity contribution is 6.41. The fourth-order valence-electron chi connectivity index (χ4n) is 0.476. The van der Waals surface area contributed by atoms with E-state index in [-0.39, 0.29) is 0 Å². The van der Waals surface area contributed by atoms with Gasteiger partial charge < -0.3 is 0 Å². The summed E-state index contributed by atoms with van der Waals surface area (Å²) in [5, 5.41) is 0. The first-order valence-electron chi connectivity index (χ1n) is 2.33. The predicted octanol–water partition coefficient (Wildman–Crippen LogP) is 0.879. The third-order valence-corrected chi connectivity index (χ3v) is 1.14. The van der Waals surface area contributed by atoms with Crippen LogP contribution in [0.15, 0.2) is 9.98 Å². The summed E-state index contributed by atoms with van der Waals surface area (Å²) >= 11 is 0. The topological polar surface area (TPSA) is 24.7 Å². The van der Waals surface area contributed by atoms with E-state index in [1.165, 1.54) is 0 Å². The molecule has 2 heteroatoms. The second-order valence-electron chi connectivity index (χ2n) is 1.63. The van der Waals surface area contributed by atoms with E-state index in [4.69, 9.17) is 0 Å². The van der Waals surface area contributed by atoms with Crippen LogP contribution in [0.25, 0.3) is 0 Å². The lowest BCUT2D eigenvalue weighted by molar-refractivity contribution is 1.10. The summed E-state index contributed by atoms with van der Waals surface area (Å²) in [5.74, 6) is 0. The van der Waals surface area contributed by atoms with Gasteiger partial charge in [-0.2, -0.15) is 0 Å². The lowest BCUT2D eigenvalue weighted by Crippen LogP contribution is -1.98. The van der Waals surface area contributed by atoms with E-state index in [0.29, 0.717) is 6.67 Å². The van der Waals surface area contributed by atoms with Crippen molar-refractivity contribution in [3.63, 3.8) is 0 Å². The monoisotopic (exact) mass is 96.1 g/mol. The highest BCUT2D eigenvalue weighted by Crippen LogP contribution is 1.92. The smallest absolute Gasteiger partial charge is 0.130 e. The Hall–Kier alpha value is -0.660. The Bertz CT molecular complexity index is 117. The van der Waals surface area contributed by atoms with Gasteiger partial charge in [-0.15, -0.1) is 0 Å². The summed E-state index contributed by atoms with van der Waals surface area (Å²) in [4.78, 5) is 8.06. The van der Waals surface area contributed by atoms with Gasteiger partial charge in [-0.1, -0.05) is 0 Å². The molecule has 38 valence electrons. The summed E-state index contributed by atoms with van der Waals surface area (Å²) < 4.78 is 0. The molecule has 0 spiro atoms. The van der Waals surface area contributed by atoms with Gasteiger partial charge >= 0.3 is 0 Å². The standard InChI is InChI=1S/C5H8N2/c1-4-5(2)7-3-6-4/h3H2,1-2H3. The van der Waals surface area contributed by atoms with Crippen LogP contribution in [0.4, 0.5) is 0 Å². The van der Waals surface area contributed by atoms with Crippen LogP contribution >= 0.6 is 0 Å². The minimum atomic E-state index is 0.650. The molecule has 0 radical (unpaired) electrons. The molecule has 0 amide bonds. The van der Waals surface area contributed by atoms with E-state index in [1.807, 2.05) is 13.8 Å². The Morgan fingerprint density at radius 2 is 1.57 bits per heavy atom. The van der Waals surface area contributed by atoms with Gasteiger partial charge in [0.25, 0.3) is 0 Å². The number of rotatable bonds is 0. The molecular formula is C5H8N2. The molecule has 1 aliphatic rings. The summed E-state index contributed by atoms with van der Waals surface area (Å²) in [5.41, 5.74) is 2.17. The van der Waals surface area contributed by atoms with Crippen molar-refractivity contribution >= 4 is 11.4 Å². The van der Waals surface area contributed by atoms with Gasteiger partial charge in [0.2, 0.25) is 0 Å². The van der Waals surface area contributed by atoms with Crippen molar-refractivity contribution in [2.75, 3.05) is 6.67 Å². The van der Waals surface area contributed by atoms with Crippen LogP contribution < -0.4 is 0 Å². The molecular weight excluding hydrogens is 88.1 g/mol. The molecule has 0 fully saturated rings. The van der Waals surface area contributed by atoms with Crippen molar-refractivity contribution in [3.05, 3.63) is 0 Å². The minimum absolute atomic E-state index is 0.650. The zero-order valence-corrected chi connectivity index (χ0v) is 4.60. The average molecular weight is 96.1 g/mol. The maximum Gasteiger partial charge on any atom is 0.130 e. The first-order chi connectivity index (χ1) is 3.30. The zero-order valence-electron chi connectivity index (χ0n) is 4.60. The van der Waals surface area contributed by atoms with Crippen molar-refractivity contribution in [2.24, 2.45) is 9.98 Å². The van der Waals surface area contributed by atoms with Crippen LogP contribution in [0.2, 0.25) is 0 Å². The molecule has 0 aromatic carbocycles. The Kier molecular flexibility index (Phi) is 0.929. The van der Waals surface area contributed by atoms with Crippen LogP contribution in [0.3, 0.4) is 0 Å². The molecule has 0 saturated carbocycles. The van der Waals surface area contributed by atoms with Gasteiger partial charge in [0.15, 0.2) is 0 Å². The normalized spacial score (nSPS) is 19.1. The summed E-state index contributed by atoms with van der Waals surface area (Å²) in [6, 6.07) is 0. The van der Waals surface area contributed by atoms with Gasteiger partial charge in [-0.05, 0) is 13.8 Å². The molecule has 1 heterocycles. The summed E-state index contributed by atoms with van der Waals surface area (Å²) in [6.45, 7) is 4.61.